The molecule has 1 amide bonds. The van der Waals surface area contributed by atoms with Crippen LogP contribution in [0.2, 0.25) is 5.02 Å². The number of carbonyl (C=O) groups is 1. The number of alkyl halides is 3. The summed E-state index contributed by atoms with van der Waals surface area (Å²) < 4.78 is 66.4. The molecule has 10 heteroatoms. The molecule has 0 saturated heterocycles. The number of carbonyl (C=O) groups excluding carboxylic acids is 1. The first kappa shape index (κ1) is 23.6. The van der Waals surface area contributed by atoms with Gasteiger partial charge in [-0.2, -0.15) is 13.2 Å². The third kappa shape index (κ3) is 5.41. The van der Waals surface area contributed by atoms with E-state index in [4.69, 9.17) is 11.6 Å². The fraction of sp³-hybridized carbons (Fsp3) is 0.136. The van der Waals surface area contributed by atoms with E-state index in [9.17, 15) is 26.4 Å². The van der Waals surface area contributed by atoms with Crippen LogP contribution in [0.1, 0.15) is 11.1 Å². The number of nitrogens with zero attached hydrogens (tertiary/aromatic N) is 1. The minimum absolute atomic E-state index is 0.0366. The minimum Gasteiger partial charge on any atom is -0.323 e. The number of sulfonamides is 1. The first-order valence-corrected chi connectivity index (χ1v) is 11.1. The molecular formula is C22H18ClF3N2O3S. The Bertz CT molecular complexity index is 1220. The average molecular weight is 483 g/mol. The monoisotopic (exact) mass is 482 g/mol. The molecular weight excluding hydrogens is 465 g/mol. The predicted molar refractivity (Wildman–Crippen MR) is 117 cm³/mol. The van der Waals surface area contributed by atoms with E-state index in [0.717, 1.165) is 22.0 Å². The molecule has 0 bridgehead atoms. The molecule has 32 heavy (non-hydrogen) atoms. The molecule has 3 rings (SSSR count). The molecule has 0 aliphatic rings. The van der Waals surface area contributed by atoms with Crippen LogP contribution in [-0.2, 0) is 21.0 Å². The fourth-order valence-electron chi connectivity index (χ4n) is 2.86. The Morgan fingerprint density at radius 3 is 2.22 bits per heavy atom. The molecule has 0 spiro atoms. The molecule has 0 aromatic heterocycles. The van der Waals surface area contributed by atoms with E-state index in [1.165, 1.54) is 12.1 Å². The van der Waals surface area contributed by atoms with Crippen molar-refractivity contribution in [2.45, 2.75) is 18.0 Å². The summed E-state index contributed by atoms with van der Waals surface area (Å²) in [7, 11) is -4.14. The van der Waals surface area contributed by atoms with E-state index in [0.29, 0.717) is 6.07 Å². The zero-order valence-electron chi connectivity index (χ0n) is 16.7. The lowest BCUT2D eigenvalue weighted by molar-refractivity contribution is -0.137. The summed E-state index contributed by atoms with van der Waals surface area (Å²) in [6, 6.07) is 16.5. The standard InChI is InChI=1S/C22H18ClF3N2O3S/c1-15-7-10-17(11-8-15)28(32(30,31)18-5-3-2-4-6-18)14-21(29)27-20-13-16(22(24,25)26)9-12-19(20)23/h2-13H,14H2,1H3,(H,27,29). The van der Waals surface area contributed by atoms with Crippen LogP contribution in [0.4, 0.5) is 24.5 Å². The van der Waals surface area contributed by atoms with Crippen molar-refractivity contribution in [2.75, 3.05) is 16.2 Å². The Morgan fingerprint density at radius 1 is 1.00 bits per heavy atom. The number of aryl methyl sites for hydroxylation is 1. The van der Waals surface area contributed by atoms with E-state index in [2.05, 4.69) is 5.32 Å². The topological polar surface area (TPSA) is 66.5 Å². The molecule has 3 aromatic rings. The Kier molecular flexibility index (Phi) is 6.80. The molecule has 168 valence electrons. The van der Waals surface area contributed by atoms with Gasteiger partial charge in [-0.25, -0.2) is 8.42 Å². The maximum atomic E-state index is 13.2. The molecule has 0 radical (unpaired) electrons. The van der Waals surface area contributed by atoms with Crippen molar-refractivity contribution in [3.63, 3.8) is 0 Å². The van der Waals surface area contributed by atoms with Gasteiger partial charge in [0, 0.05) is 0 Å². The van der Waals surface area contributed by atoms with Crippen molar-refractivity contribution >= 4 is 38.9 Å². The lowest BCUT2D eigenvalue weighted by atomic mass is 10.2. The van der Waals surface area contributed by atoms with Gasteiger partial charge in [0.2, 0.25) is 5.91 Å². The molecule has 5 nitrogen and oxygen atoms in total. The number of amides is 1. The lowest BCUT2D eigenvalue weighted by Crippen LogP contribution is -2.38. The second-order valence-corrected chi connectivity index (χ2v) is 9.17. The Labute approximate surface area is 188 Å². The summed E-state index contributed by atoms with van der Waals surface area (Å²) in [5.74, 6) is -0.855. The van der Waals surface area contributed by atoms with Crippen LogP contribution in [0.5, 0.6) is 0 Å². The molecule has 0 aliphatic carbocycles. The number of benzene rings is 3. The Hall–Kier alpha value is -3.04. The van der Waals surface area contributed by atoms with Gasteiger partial charge in [0.25, 0.3) is 10.0 Å². The summed E-state index contributed by atoms with van der Waals surface area (Å²) in [5, 5.41) is 2.17. The first-order chi connectivity index (χ1) is 15.0. The molecule has 3 aromatic carbocycles. The van der Waals surface area contributed by atoms with E-state index in [1.54, 1.807) is 42.5 Å². The molecule has 0 atom stereocenters. The second kappa shape index (κ2) is 9.22. The van der Waals surface area contributed by atoms with Gasteiger partial charge in [-0.1, -0.05) is 47.5 Å². The smallest absolute Gasteiger partial charge is 0.323 e. The number of hydrogen-bond acceptors (Lipinski definition) is 3. The number of hydrogen-bond donors (Lipinski definition) is 1. The number of nitrogens with one attached hydrogen (secondary N) is 1. The van der Waals surface area contributed by atoms with Gasteiger partial charge in [0.15, 0.2) is 0 Å². The molecule has 0 aliphatic heterocycles. The Morgan fingerprint density at radius 2 is 1.62 bits per heavy atom. The molecule has 0 saturated carbocycles. The van der Waals surface area contributed by atoms with Gasteiger partial charge in [-0.3, -0.25) is 9.10 Å². The van der Waals surface area contributed by atoms with Crippen molar-refractivity contribution in [3.05, 3.63) is 88.9 Å². The summed E-state index contributed by atoms with van der Waals surface area (Å²) in [4.78, 5) is 12.7. The summed E-state index contributed by atoms with van der Waals surface area (Å²) >= 11 is 5.93. The van der Waals surface area contributed by atoms with Gasteiger partial charge in [0.05, 0.1) is 26.9 Å². The van der Waals surface area contributed by atoms with Crippen molar-refractivity contribution in [1.82, 2.24) is 0 Å². The summed E-state index contributed by atoms with van der Waals surface area (Å²) in [5.41, 5.74) is -0.160. The van der Waals surface area contributed by atoms with Crippen LogP contribution in [0.15, 0.2) is 77.7 Å². The fourth-order valence-corrected chi connectivity index (χ4v) is 4.47. The van der Waals surface area contributed by atoms with Gasteiger partial charge in [-0.05, 0) is 49.4 Å². The highest BCUT2D eigenvalue weighted by atomic mass is 35.5. The summed E-state index contributed by atoms with van der Waals surface area (Å²) in [6.07, 6.45) is -4.63. The highest BCUT2D eigenvalue weighted by Gasteiger charge is 2.32. The van der Waals surface area contributed by atoms with Crippen molar-refractivity contribution < 1.29 is 26.4 Å². The van der Waals surface area contributed by atoms with E-state index >= 15 is 0 Å². The van der Waals surface area contributed by atoms with Crippen LogP contribution in [0.3, 0.4) is 0 Å². The van der Waals surface area contributed by atoms with Crippen molar-refractivity contribution in [3.8, 4) is 0 Å². The van der Waals surface area contributed by atoms with Gasteiger partial charge in [-0.15, -0.1) is 0 Å². The molecule has 1 N–H and O–H groups in total. The zero-order chi connectivity index (χ0) is 23.5. The van der Waals surface area contributed by atoms with Crippen LogP contribution in [0, 0.1) is 6.92 Å². The summed E-state index contributed by atoms with van der Waals surface area (Å²) in [6.45, 7) is 1.15. The van der Waals surface area contributed by atoms with E-state index in [1.807, 2.05) is 6.92 Å². The van der Waals surface area contributed by atoms with Crippen LogP contribution >= 0.6 is 11.6 Å². The molecule has 0 unspecified atom stereocenters. The largest absolute Gasteiger partial charge is 0.416 e. The SMILES string of the molecule is Cc1ccc(N(CC(=O)Nc2cc(C(F)(F)F)ccc2Cl)S(=O)(=O)c2ccccc2)cc1. The number of halogens is 4. The average Bonchev–Trinajstić information content (AvgIpc) is 2.74. The zero-order valence-corrected chi connectivity index (χ0v) is 18.3. The van der Waals surface area contributed by atoms with E-state index < -0.39 is 34.2 Å². The predicted octanol–water partition coefficient (Wildman–Crippen LogP) is 5.50. The maximum absolute atomic E-state index is 13.2. The Balaban J connectivity index is 1.94. The number of rotatable bonds is 6. The van der Waals surface area contributed by atoms with Crippen LogP contribution in [0.25, 0.3) is 0 Å². The first-order valence-electron chi connectivity index (χ1n) is 9.29. The maximum Gasteiger partial charge on any atom is 0.416 e. The van der Waals surface area contributed by atoms with Gasteiger partial charge >= 0.3 is 6.18 Å². The van der Waals surface area contributed by atoms with Gasteiger partial charge < -0.3 is 5.32 Å². The lowest BCUT2D eigenvalue weighted by Gasteiger charge is -2.24. The van der Waals surface area contributed by atoms with Crippen LogP contribution < -0.4 is 9.62 Å². The van der Waals surface area contributed by atoms with Gasteiger partial charge in [0.1, 0.15) is 6.54 Å². The highest BCUT2D eigenvalue weighted by molar-refractivity contribution is 7.92. The molecule has 0 fully saturated rings. The normalized spacial score (nSPS) is 11.8. The van der Waals surface area contributed by atoms with E-state index in [-0.39, 0.29) is 21.3 Å². The quantitative estimate of drug-likeness (QED) is 0.504. The van der Waals surface area contributed by atoms with Crippen molar-refractivity contribution in [2.24, 2.45) is 0 Å². The van der Waals surface area contributed by atoms with Crippen LogP contribution in [-0.4, -0.2) is 20.9 Å². The van der Waals surface area contributed by atoms with Crippen molar-refractivity contribution in [1.29, 1.82) is 0 Å². The third-order valence-electron chi connectivity index (χ3n) is 4.51. The third-order valence-corrected chi connectivity index (χ3v) is 6.63. The number of anilines is 2. The second-order valence-electron chi connectivity index (χ2n) is 6.90. The highest BCUT2D eigenvalue weighted by Crippen LogP contribution is 2.34. The molecule has 0 heterocycles. The minimum atomic E-state index is -4.63.